The zero-order valence-corrected chi connectivity index (χ0v) is 12.4. The summed E-state index contributed by atoms with van der Waals surface area (Å²) in [6.07, 6.45) is 0. The monoisotopic (exact) mass is 371 g/mol. The number of carbonyl (C=O) groups excluding carboxylic acids is 1. The molecule has 0 aliphatic carbocycles. The number of amides is 1. The molecule has 2 rings (SSSR count). The minimum absolute atomic E-state index is 0.0834. The Kier molecular flexibility index (Phi) is 4.60. The smallest absolute Gasteiger partial charge is 0.252 e. The van der Waals surface area contributed by atoms with E-state index in [1.54, 1.807) is 0 Å². The van der Waals surface area contributed by atoms with Gasteiger partial charge in [-0.25, -0.2) is 0 Å². The van der Waals surface area contributed by atoms with E-state index < -0.39 is 0 Å². The third kappa shape index (κ3) is 3.23. The van der Waals surface area contributed by atoms with Crippen LogP contribution < -0.4 is 5.32 Å². The average Bonchev–Trinajstić information content (AvgIpc) is 2.38. The van der Waals surface area contributed by atoms with Crippen molar-refractivity contribution in [2.75, 3.05) is 0 Å². The van der Waals surface area contributed by atoms with Crippen molar-refractivity contribution in [1.82, 2.24) is 5.32 Å². The van der Waals surface area contributed by atoms with Gasteiger partial charge in [-0.3, -0.25) is 4.79 Å². The predicted molar refractivity (Wildman–Crippen MR) is 81.8 cm³/mol. The molecule has 0 aliphatic heterocycles. The summed E-state index contributed by atoms with van der Waals surface area (Å²) in [5, 5.41) is 3.54. The van der Waals surface area contributed by atoms with Gasteiger partial charge in [0.2, 0.25) is 0 Å². The average molecular weight is 372 g/mol. The molecule has 4 heteroatoms. The Morgan fingerprint density at radius 1 is 1.11 bits per heavy atom. The van der Waals surface area contributed by atoms with Crippen LogP contribution in [-0.2, 0) is 6.54 Å². The van der Waals surface area contributed by atoms with Gasteiger partial charge in [0, 0.05) is 15.1 Å². The molecule has 0 saturated heterocycles. The molecule has 0 saturated carbocycles. The normalized spacial score (nSPS) is 10.1. The lowest BCUT2D eigenvalue weighted by atomic mass is 10.2. The lowest BCUT2D eigenvalue weighted by Crippen LogP contribution is -2.23. The number of hydrogen-bond donors (Lipinski definition) is 1. The molecule has 1 N–H and O–H groups in total. The maximum absolute atomic E-state index is 12.0. The Morgan fingerprint density at radius 3 is 2.50 bits per heavy atom. The van der Waals surface area contributed by atoms with Crippen molar-refractivity contribution in [3.63, 3.8) is 0 Å². The molecule has 0 aliphatic rings. The molecule has 2 nitrogen and oxygen atoms in total. The van der Waals surface area contributed by atoms with Crippen LogP contribution in [0.3, 0.4) is 0 Å². The van der Waals surface area contributed by atoms with Crippen molar-refractivity contribution in [3.05, 3.63) is 68.3 Å². The first-order valence-corrected chi connectivity index (χ1v) is 6.90. The molecule has 2 aromatic rings. The van der Waals surface area contributed by atoms with E-state index in [0.29, 0.717) is 17.1 Å². The summed E-state index contributed by atoms with van der Waals surface area (Å²) in [5.41, 5.74) is 1.60. The summed E-state index contributed by atoms with van der Waals surface area (Å²) >= 11 is 8.18. The van der Waals surface area contributed by atoms with Crippen molar-refractivity contribution < 1.29 is 4.79 Å². The summed E-state index contributed by atoms with van der Waals surface area (Å²) in [4.78, 5) is 12.0. The summed E-state index contributed by atoms with van der Waals surface area (Å²) in [6.45, 7) is 0.434. The summed E-state index contributed by atoms with van der Waals surface area (Å²) < 4.78 is 0.937. The lowest BCUT2D eigenvalue weighted by Gasteiger charge is -2.08. The number of carbonyl (C=O) groups is 1. The predicted octanol–water partition coefficient (Wildman–Crippen LogP) is 3.87. The number of rotatable bonds is 3. The van der Waals surface area contributed by atoms with Gasteiger partial charge in [0.25, 0.3) is 5.91 Å². The van der Waals surface area contributed by atoms with Gasteiger partial charge in [0.1, 0.15) is 0 Å². The fourth-order valence-electron chi connectivity index (χ4n) is 1.56. The number of benzene rings is 2. The Labute approximate surface area is 124 Å². The Bertz CT molecular complexity index is 571. The van der Waals surface area contributed by atoms with E-state index in [-0.39, 0.29) is 5.91 Å². The highest BCUT2D eigenvalue weighted by molar-refractivity contribution is 14.1. The molecule has 0 heterocycles. The quantitative estimate of drug-likeness (QED) is 0.815. The molecule has 0 fully saturated rings. The van der Waals surface area contributed by atoms with Gasteiger partial charge in [-0.15, -0.1) is 0 Å². The van der Waals surface area contributed by atoms with E-state index >= 15 is 0 Å². The van der Waals surface area contributed by atoms with Crippen LogP contribution in [0.1, 0.15) is 15.9 Å². The van der Waals surface area contributed by atoms with E-state index in [1.165, 1.54) is 0 Å². The zero-order valence-electron chi connectivity index (χ0n) is 9.49. The summed E-state index contributed by atoms with van der Waals surface area (Å²) in [7, 11) is 0. The van der Waals surface area contributed by atoms with Crippen LogP contribution in [-0.4, -0.2) is 5.91 Å². The van der Waals surface area contributed by atoms with Gasteiger partial charge < -0.3 is 5.32 Å². The van der Waals surface area contributed by atoms with Crippen LogP contribution in [0.5, 0.6) is 0 Å². The molecule has 0 atom stereocenters. The van der Waals surface area contributed by atoms with Gasteiger partial charge in [0.15, 0.2) is 0 Å². The highest BCUT2D eigenvalue weighted by Gasteiger charge is 2.09. The molecule has 0 aromatic heterocycles. The van der Waals surface area contributed by atoms with Crippen LogP contribution in [0, 0.1) is 3.57 Å². The van der Waals surface area contributed by atoms with Crippen LogP contribution >= 0.6 is 34.2 Å². The summed E-state index contributed by atoms with van der Waals surface area (Å²) in [6, 6.07) is 15.0. The molecule has 1 amide bonds. The number of halogens is 2. The third-order valence-electron chi connectivity index (χ3n) is 2.52. The lowest BCUT2D eigenvalue weighted by molar-refractivity contribution is 0.0950. The van der Waals surface area contributed by atoms with Crippen LogP contribution in [0.4, 0.5) is 0 Å². The molecular formula is C14H11ClINO. The SMILES string of the molecule is O=C(NCc1ccccc1Cl)c1ccccc1I. The number of hydrogen-bond acceptors (Lipinski definition) is 1. The van der Waals surface area contributed by atoms with Crippen LogP contribution in [0.25, 0.3) is 0 Å². The van der Waals surface area contributed by atoms with E-state index in [2.05, 4.69) is 27.9 Å². The second-order valence-electron chi connectivity index (χ2n) is 3.75. The van der Waals surface area contributed by atoms with E-state index in [1.807, 2.05) is 48.5 Å². The highest BCUT2D eigenvalue weighted by atomic mass is 127. The third-order valence-corrected chi connectivity index (χ3v) is 3.83. The Morgan fingerprint density at radius 2 is 1.78 bits per heavy atom. The molecule has 0 bridgehead atoms. The molecular weight excluding hydrogens is 361 g/mol. The first kappa shape index (κ1) is 13.4. The molecule has 0 spiro atoms. The van der Waals surface area contributed by atoms with Crippen LogP contribution in [0.15, 0.2) is 48.5 Å². The maximum atomic E-state index is 12.0. The van der Waals surface area contributed by atoms with Crippen LogP contribution in [0.2, 0.25) is 5.02 Å². The molecule has 92 valence electrons. The van der Waals surface area contributed by atoms with Gasteiger partial charge in [-0.2, -0.15) is 0 Å². The van der Waals surface area contributed by atoms with Gasteiger partial charge in [-0.1, -0.05) is 41.9 Å². The second-order valence-corrected chi connectivity index (χ2v) is 5.32. The van der Waals surface area contributed by atoms with Gasteiger partial charge >= 0.3 is 0 Å². The molecule has 18 heavy (non-hydrogen) atoms. The maximum Gasteiger partial charge on any atom is 0.252 e. The first-order valence-electron chi connectivity index (χ1n) is 5.44. The molecule has 0 radical (unpaired) electrons. The number of nitrogens with one attached hydrogen (secondary N) is 1. The van der Waals surface area contributed by atoms with Gasteiger partial charge in [-0.05, 0) is 46.4 Å². The molecule has 0 unspecified atom stereocenters. The Hall–Kier alpha value is -1.07. The Balaban J connectivity index is 2.06. The van der Waals surface area contributed by atoms with Crippen molar-refractivity contribution in [3.8, 4) is 0 Å². The largest absolute Gasteiger partial charge is 0.348 e. The zero-order chi connectivity index (χ0) is 13.0. The van der Waals surface area contributed by atoms with Crippen molar-refractivity contribution >= 4 is 40.1 Å². The summed E-state index contributed by atoms with van der Waals surface area (Å²) in [5.74, 6) is -0.0834. The fraction of sp³-hybridized carbons (Fsp3) is 0.0714. The van der Waals surface area contributed by atoms with Crippen molar-refractivity contribution in [2.24, 2.45) is 0 Å². The minimum Gasteiger partial charge on any atom is -0.348 e. The standard InChI is InChI=1S/C14H11ClINO/c15-12-7-3-1-5-10(12)9-17-14(18)11-6-2-4-8-13(11)16/h1-8H,9H2,(H,17,18). The van der Waals surface area contributed by atoms with E-state index in [9.17, 15) is 4.79 Å². The van der Waals surface area contributed by atoms with Crippen molar-refractivity contribution in [2.45, 2.75) is 6.54 Å². The topological polar surface area (TPSA) is 29.1 Å². The fourth-order valence-corrected chi connectivity index (χ4v) is 2.39. The minimum atomic E-state index is -0.0834. The van der Waals surface area contributed by atoms with Crippen molar-refractivity contribution in [1.29, 1.82) is 0 Å². The van der Waals surface area contributed by atoms with E-state index in [0.717, 1.165) is 9.13 Å². The molecule has 2 aromatic carbocycles. The van der Waals surface area contributed by atoms with E-state index in [4.69, 9.17) is 11.6 Å². The first-order chi connectivity index (χ1) is 8.68. The van der Waals surface area contributed by atoms with Gasteiger partial charge in [0.05, 0.1) is 5.56 Å². The second kappa shape index (κ2) is 6.20. The highest BCUT2D eigenvalue weighted by Crippen LogP contribution is 2.15.